The van der Waals surface area contributed by atoms with E-state index in [1.165, 1.54) is 16.0 Å². The van der Waals surface area contributed by atoms with Crippen molar-refractivity contribution < 1.29 is 4.79 Å². The van der Waals surface area contributed by atoms with Gasteiger partial charge in [-0.15, -0.1) is 11.3 Å². The number of benzene rings is 2. The monoisotopic (exact) mass is 429 g/mol. The molecule has 7 nitrogen and oxygen atoms in total. The van der Waals surface area contributed by atoms with Gasteiger partial charge in [0.15, 0.2) is 5.69 Å². The lowest BCUT2D eigenvalue weighted by Crippen LogP contribution is -2.34. The molecule has 154 valence electrons. The molecule has 0 aliphatic carbocycles. The van der Waals surface area contributed by atoms with Gasteiger partial charge in [0.05, 0.1) is 0 Å². The molecule has 2 aromatic carbocycles. The highest BCUT2D eigenvalue weighted by Crippen LogP contribution is 2.30. The number of aryl methyl sites for hydroxylation is 1. The van der Waals surface area contributed by atoms with Crippen LogP contribution in [0.3, 0.4) is 0 Å². The van der Waals surface area contributed by atoms with Crippen LogP contribution in [0.1, 0.15) is 17.4 Å². The first-order chi connectivity index (χ1) is 15.1. The minimum atomic E-state index is -0.303. The fourth-order valence-electron chi connectivity index (χ4n) is 3.96. The highest BCUT2D eigenvalue weighted by Gasteiger charge is 2.27. The lowest BCUT2D eigenvalue weighted by molar-refractivity contribution is 0.0983. The Hall–Kier alpha value is -3.78. The van der Waals surface area contributed by atoms with Crippen molar-refractivity contribution in [2.45, 2.75) is 6.92 Å². The summed E-state index contributed by atoms with van der Waals surface area (Å²) in [4.78, 5) is 33.1. The standard InChI is InChI=1S/C23H19N5O2S/c1-3-27(15-9-5-4-6-10-15)21(29)19-18-16-11-7-8-12-17(16)26(2)20(18)22(30)28(25-19)23-24-13-14-31-23/h4-14H,3H2,1-2H3. The molecule has 0 atom stereocenters. The number of nitrogens with zero attached hydrogens (tertiary/aromatic N) is 5. The number of rotatable bonds is 4. The number of para-hydroxylation sites is 2. The molecule has 0 N–H and O–H groups in total. The molecule has 0 aliphatic rings. The maximum Gasteiger partial charge on any atom is 0.298 e. The molecule has 8 heteroatoms. The molecular weight excluding hydrogens is 410 g/mol. The van der Waals surface area contributed by atoms with Gasteiger partial charge in [-0.2, -0.15) is 9.78 Å². The smallest absolute Gasteiger partial charge is 0.298 e. The van der Waals surface area contributed by atoms with E-state index < -0.39 is 0 Å². The third-order valence-electron chi connectivity index (χ3n) is 5.37. The molecule has 0 fully saturated rings. The minimum Gasteiger partial charge on any atom is -0.339 e. The lowest BCUT2D eigenvalue weighted by atomic mass is 10.1. The van der Waals surface area contributed by atoms with Gasteiger partial charge in [0.25, 0.3) is 11.5 Å². The summed E-state index contributed by atoms with van der Waals surface area (Å²) in [6.07, 6.45) is 1.61. The van der Waals surface area contributed by atoms with Crippen molar-refractivity contribution in [1.29, 1.82) is 0 Å². The van der Waals surface area contributed by atoms with Gasteiger partial charge in [-0.25, -0.2) is 4.98 Å². The van der Waals surface area contributed by atoms with Gasteiger partial charge in [-0.1, -0.05) is 36.4 Å². The number of fused-ring (bicyclic) bond motifs is 3. The number of anilines is 1. The van der Waals surface area contributed by atoms with Crippen LogP contribution in [-0.2, 0) is 7.05 Å². The number of carbonyl (C=O) groups excluding carboxylic acids is 1. The lowest BCUT2D eigenvalue weighted by Gasteiger charge is -2.21. The van der Waals surface area contributed by atoms with E-state index in [0.717, 1.165) is 16.6 Å². The summed E-state index contributed by atoms with van der Waals surface area (Å²) in [5, 5.41) is 8.14. The Kier molecular flexibility index (Phi) is 4.63. The van der Waals surface area contributed by atoms with Gasteiger partial charge in [-0.3, -0.25) is 9.59 Å². The van der Waals surface area contributed by atoms with Crippen molar-refractivity contribution in [3.05, 3.63) is 82.2 Å². The zero-order valence-electron chi connectivity index (χ0n) is 17.0. The minimum absolute atomic E-state index is 0.229. The van der Waals surface area contributed by atoms with Crippen LogP contribution in [0.4, 0.5) is 5.69 Å². The van der Waals surface area contributed by atoms with Crippen molar-refractivity contribution in [2.24, 2.45) is 7.05 Å². The van der Waals surface area contributed by atoms with Crippen LogP contribution in [0.2, 0.25) is 0 Å². The summed E-state index contributed by atoms with van der Waals surface area (Å²) in [6, 6.07) is 17.1. The molecule has 0 unspecified atom stereocenters. The van der Waals surface area contributed by atoms with E-state index in [1.807, 2.05) is 73.1 Å². The Morgan fingerprint density at radius 1 is 1.10 bits per heavy atom. The molecule has 0 aliphatic heterocycles. The highest BCUT2D eigenvalue weighted by molar-refractivity contribution is 7.12. The number of thiazole rings is 1. The quantitative estimate of drug-likeness (QED) is 0.433. The van der Waals surface area contributed by atoms with Crippen LogP contribution in [0.5, 0.6) is 0 Å². The van der Waals surface area contributed by atoms with E-state index in [2.05, 4.69) is 10.1 Å². The first-order valence-electron chi connectivity index (χ1n) is 9.89. The number of amides is 1. The van der Waals surface area contributed by atoms with Crippen molar-refractivity contribution in [3.63, 3.8) is 0 Å². The van der Waals surface area contributed by atoms with Crippen LogP contribution >= 0.6 is 11.3 Å². The number of aromatic nitrogens is 4. The topological polar surface area (TPSA) is 73.0 Å². The number of hydrogen-bond acceptors (Lipinski definition) is 5. The second-order valence-electron chi connectivity index (χ2n) is 7.06. The zero-order chi connectivity index (χ0) is 21.5. The summed E-state index contributed by atoms with van der Waals surface area (Å²) in [6.45, 7) is 2.38. The van der Waals surface area contributed by atoms with Crippen molar-refractivity contribution >= 4 is 44.7 Å². The van der Waals surface area contributed by atoms with Crippen LogP contribution in [0.15, 0.2) is 71.0 Å². The number of hydrogen-bond donors (Lipinski definition) is 0. The maximum absolute atomic E-state index is 13.8. The summed E-state index contributed by atoms with van der Waals surface area (Å²) in [7, 11) is 1.83. The SMILES string of the molecule is CCN(C(=O)c1nn(-c2nccs2)c(=O)c2c1c1ccccc1n2C)c1ccccc1. The largest absolute Gasteiger partial charge is 0.339 e. The fourth-order valence-corrected chi connectivity index (χ4v) is 4.55. The Balaban J connectivity index is 1.87. The summed E-state index contributed by atoms with van der Waals surface area (Å²) in [5.74, 6) is -0.264. The van der Waals surface area contributed by atoms with E-state index in [4.69, 9.17) is 0 Å². The third-order valence-corrected chi connectivity index (χ3v) is 6.12. The molecule has 5 rings (SSSR count). The maximum atomic E-state index is 13.8. The van der Waals surface area contributed by atoms with Crippen molar-refractivity contribution in [2.75, 3.05) is 11.4 Å². The molecule has 1 amide bonds. The molecule has 5 aromatic rings. The molecule has 0 radical (unpaired) electrons. The summed E-state index contributed by atoms with van der Waals surface area (Å²) >= 11 is 1.30. The first kappa shape index (κ1) is 19.2. The van der Waals surface area contributed by atoms with Crippen LogP contribution < -0.4 is 10.5 Å². The highest BCUT2D eigenvalue weighted by atomic mass is 32.1. The van der Waals surface area contributed by atoms with Gasteiger partial charge in [0, 0.05) is 47.1 Å². The average Bonchev–Trinajstić information content (AvgIpc) is 3.43. The van der Waals surface area contributed by atoms with Gasteiger partial charge in [0.2, 0.25) is 5.13 Å². The Labute approximate surface area is 181 Å². The van der Waals surface area contributed by atoms with Gasteiger partial charge in [-0.05, 0) is 25.1 Å². The normalized spacial score (nSPS) is 11.3. The van der Waals surface area contributed by atoms with Gasteiger partial charge in [0.1, 0.15) is 5.52 Å². The summed E-state index contributed by atoms with van der Waals surface area (Å²) < 4.78 is 3.06. The van der Waals surface area contributed by atoms with Gasteiger partial charge >= 0.3 is 0 Å². The number of carbonyl (C=O) groups is 1. The molecule has 0 saturated heterocycles. The zero-order valence-corrected chi connectivity index (χ0v) is 17.8. The average molecular weight is 430 g/mol. The Morgan fingerprint density at radius 2 is 1.84 bits per heavy atom. The molecule has 3 aromatic heterocycles. The molecule has 31 heavy (non-hydrogen) atoms. The molecule has 3 heterocycles. The van der Waals surface area contributed by atoms with Crippen LogP contribution in [0.25, 0.3) is 26.9 Å². The Bertz CT molecular complexity index is 1470. The van der Waals surface area contributed by atoms with E-state index >= 15 is 0 Å². The molecular formula is C23H19N5O2S. The van der Waals surface area contributed by atoms with E-state index in [1.54, 1.807) is 16.5 Å². The van der Waals surface area contributed by atoms with E-state index in [-0.39, 0.29) is 17.2 Å². The molecule has 0 bridgehead atoms. The van der Waals surface area contributed by atoms with E-state index in [9.17, 15) is 9.59 Å². The fraction of sp³-hybridized carbons (Fsp3) is 0.130. The predicted octanol–water partition coefficient (Wildman–Crippen LogP) is 4.00. The molecule has 0 saturated carbocycles. The van der Waals surface area contributed by atoms with Crippen molar-refractivity contribution in [3.8, 4) is 5.13 Å². The van der Waals surface area contributed by atoms with Gasteiger partial charge < -0.3 is 9.47 Å². The van der Waals surface area contributed by atoms with Crippen LogP contribution in [0, 0.1) is 0 Å². The summed E-state index contributed by atoms with van der Waals surface area (Å²) in [5.41, 5.74) is 2.00. The second-order valence-corrected chi connectivity index (χ2v) is 7.94. The predicted molar refractivity (Wildman–Crippen MR) is 123 cm³/mol. The third kappa shape index (κ3) is 2.95. The first-order valence-corrected chi connectivity index (χ1v) is 10.8. The molecule has 0 spiro atoms. The van der Waals surface area contributed by atoms with E-state index in [0.29, 0.717) is 22.6 Å². The van der Waals surface area contributed by atoms with Crippen molar-refractivity contribution in [1.82, 2.24) is 19.3 Å². The Morgan fingerprint density at radius 3 is 2.55 bits per heavy atom. The second kappa shape index (κ2) is 7.48. The van der Waals surface area contributed by atoms with Crippen LogP contribution in [-0.4, -0.2) is 31.8 Å².